The van der Waals surface area contributed by atoms with Gasteiger partial charge in [0.1, 0.15) is 17.3 Å². The van der Waals surface area contributed by atoms with Gasteiger partial charge in [-0.15, -0.1) is 0 Å². The van der Waals surface area contributed by atoms with Gasteiger partial charge in [0, 0.05) is 11.6 Å². The summed E-state index contributed by atoms with van der Waals surface area (Å²) >= 11 is 0. The van der Waals surface area contributed by atoms with Crippen molar-refractivity contribution in [2.45, 2.75) is 45.1 Å². The molecule has 0 spiro atoms. The molecule has 0 radical (unpaired) electrons. The van der Waals surface area contributed by atoms with E-state index in [1.165, 1.54) is 12.8 Å². The van der Waals surface area contributed by atoms with Crippen LogP contribution in [0.25, 0.3) is 0 Å². The number of hydrogen-bond donors (Lipinski definition) is 2. The van der Waals surface area contributed by atoms with Crippen LogP contribution in [0, 0.1) is 17.6 Å². The second-order valence-electron chi connectivity index (χ2n) is 5.55. The molecule has 1 aromatic carbocycles. The molecule has 1 aliphatic rings. The van der Waals surface area contributed by atoms with Gasteiger partial charge in [-0.1, -0.05) is 26.2 Å². The fourth-order valence-electron chi connectivity index (χ4n) is 2.67. The van der Waals surface area contributed by atoms with Gasteiger partial charge in [0.25, 0.3) is 5.91 Å². The van der Waals surface area contributed by atoms with Gasteiger partial charge in [0.05, 0.1) is 0 Å². The van der Waals surface area contributed by atoms with Crippen molar-refractivity contribution in [3.05, 3.63) is 29.3 Å². The number of carbonyl (C=O) groups excluding carboxylic acids is 1. The van der Waals surface area contributed by atoms with E-state index in [1.54, 1.807) is 0 Å². The minimum atomic E-state index is -0.899. The Morgan fingerprint density at radius 3 is 2.45 bits per heavy atom. The third-order valence-electron chi connectivity index (χ3n) is 4.02. The van der Waals surface area contributed by atoms with Gasteiger partial charge in [0.15, 0.2) is 0 Å². The van der Waals surface area contributed by atoms with Crippen LogP contribution in [0.5, 0.6) is 0 Å². The van der Waals surface area contributed by atoms with E-state index < -0.39 is 23.2 Å². The molecule has 5 heteroatoms. The molecule has 1 aromatic rings. The minimum absolute atomic E-state index is 0.0225. The minimum Gasteiger partial charge on any atom is -0.394 e. The molecule has 0 aromatic heterocycles. The zero-order chi connectivity index (χ0) is 14.7. The average Bonchev–Trinajstić information content (AvgIpc) is 2.61. The van der Waals surface area contributed by atoms with Crippen molar-refractivity contribution >= 4 is 11.6 Å². The molecule has 0 saturated heterocycles. The van der Waals surface area contributed by atoms with Gasteiger partial charge >= 0.3 is 0 Å². The SMILES string of the molecule is CC1CCCCCC1NC(=O)c1cc(F)c(N)c(F)c1. The fourth-order valence-corrected chi connectivity index (χ4v) is 2.67. The van der Waals surface area contributed by atoms with Crippen LogP contribution in [-0.4, -0.2) is 11.9 Å². The van der Waals surface area contributed by atoms with Gasteiger partial charge in [-0.25, -0.2) is 8.78 Å². The van der Waals surface area contributed by atoms with E-state index in [2.05, 4.69) is 12.2 Å². The summed E-state index contributed by atoms with van der Waals surface area (Å²) in [5.41, 5.74) is 4.62. The maximum absolute atomic E-state index is 13.4. The smallest absolute Gasteiger partial charge is 0.251 e. The maximum Gasteiger partial charge on any atom is 0.251 e. The summed E-state index contributed by atoms with van der Waals surface area (Å²) in [5, 5.41) is 2.89. The monoisotopic (exact) mass is 282 g/mol. The Labute approximate surface area is 117 Å². The highest BCUT2D eigenvalue weighted by Gasteiger charge is 2.23. The highest BCUT2D eigenvalue weighted by Crippen LogP contribution is 2.24. The maximum atomic E-state index is 13.4. The number of anilines is 1. The third-order valence-corrected chi connectivity index (χ3v) is 4.02. The first-order valence-corrected chi connectivity index (χ1v) is 7.04. The Balaban J connectivity index is 2.11. The molecule has 1 amide bonds. The third kappa shape index (κ3) is 3.26. The first-order chi connectivity index (χ1) is 9.49. The molecule has 2 atom stereocenters. The molecule has 0 bridgehead atoms. The van der Waals surface area contributed by atoms with Crippen molar-refractivity contribution in [3.63, 3.8) is 0 Å². The number of rotatable bonds is 2. The van der Waals surface area contributed by atoms with Crippen molar-refractivity contribution in [1.82, 2.24) is 5.32 Å². The summed E-state index contributed by atoms with van der Waals surface area (Å²) in [5.74, 6) is -1.86. The standard InChI is InChI=1S/C15H20F2N2O/c1-9-5-3-2-4-6-13(9)19-15(20)10-7-11(16)14(18)12(17)8-10/h7-9,13H,2-6,18H2,1H3,(H,19,20). The molecule has 1 fully saturated rings. The van der Waals surface area contributed by atoms with E-state index in [-0.39, 0.29) is 11.6 Å². The first-order valence-electron chi connectivity index (χ1n) is 7.04. The molecule has 110 valence electrons. The number of nitrogens with one attached hydrogen (secondary N) is 1. The summed E-state index contributed by atoms with van der Waals surface area (Å²) in [6.07, 6.45) is 5.38. The Morgan fingerprint density at radius 2 is 1.80 bits per heavy atom. The van der Waals surface area contributed by atoms with Crippen LogP contribution in [-0.2, 0) is 0 Å². The van der Waals surface area contributed by atoms with Crippen LogP contribution in [0.15, 0.2) is 12.1 Å². The predicted octanol–water partition coefficient (Wildman–Crippen LogP) is 3.25. The van der Waals surface area contributed by atoms with Gasteiger partial charge in [-0.2, -0.15) is 0 Å². The Kier molecular flexibility index (Phi) is 4.57. The normalized spacial score (nSPS) is 23.1. The van der Waals surface area contributed by atoms with Crippen molar-refractivity contribution in [2.75, 3.05) is 5.73 Å². The molecule has 2 rings (SSSR count). The summed E-state index contributed by atoms with van der Waals surface area (Å²) in [6.45, 7) is 2.10. The van der Waals surface area contributed by atoms with Crippen molar-refractivity contribution in [2.24, 2.45) is 5.92 Å². The molecule has 3 N–H and O–H groups in total. The number of carbonyl (C=O) groups is 1. The number of amides is 1. The number of hydrogen-bond acceptors (Lipinski definition) is 2. The zero-order valence-electron chi connectivity index (χ0n) is 11.6. The average molecular weight is 282 g/mol. The van der Waals surface area contributed by atoms with E-state index in [1.807, 2.05) is 0 Å². The lowest BCUT2D eigenvalue weighted by molar-refractivity contribution is 0.0920. The lowest BCUT2D eigenvalue weighted by Crippen LogP contribution is -2.39. The Hall–Kier alpha value is -1.65. The zero-order valence-corrected chi connectivity index (χ0v) is 11.6. The number of nitrogens with two attached hydrogens (primary N) is 1. The molecule has 0 heterocycles. The molecular weight excluding hydrogens is 262 g/mol. The lowest BCUT2D eigenvalue weighted by Gasteiger charge is -2.22. The van der Waals surface area contributed by atoms with Crippen LogP contribution in [0.1, 0.15) is 49.4 Å². The largest absolute Gasteiger partial charge is 0.394 e. The molecule has 0 aliphatic heterocycles. The van der Waals surface area contributed by atoms with Crippen LogP contribution in [0.2, 0.25) is 0 Å². The summed E-state index contributed by atoms with van der Waals surface area (Å²) < 4.78 is 26.8. The Bertz CT molecular complexity index is 482. The lowest BCUT2D eigenvalue weighted by atomic mass is 9.96. The van der Waals surface area contributed by atoms with Gasteiger partial charge < -0.3 is 11.1 Å². The Morgan fingerprint density at radius 1 is 1.20 bits per heavy atom. The van der Waals surface area contributed by atoms with Crippen LogP contribution < -0.4 is 11.1 Å². The second kappa shape index (κ2) is 6.20. The van der Waals surface area contributed by atoms with Crippen molar-refractivity contribution < 1.29 is 13.6 Å². The second-order valence-corrected chi connectivity index (χ2v) is 5.55. The number of nitrogen functional groups attached to an aromatic ring is 1. The number of halogens is 2. The van der Waals surface area contributed by atoms with E-state index in [9.17, 15) is 13.6 Å². The van der Waals surface area contributed by atoms with Gasteiger partial charge in [-0.3, -0.25) is 4.79 Å². The van der Waals surface area contributed by atoms with Crippen LogP contribution >= 0.6 is 0 Å². The van der Waals surface area contributed by atoms with E-state index >= 15 is 0 Å². The van der Waals surface area contributed by atoms with Crippen LogP contribution in [0.3, 0.4) is 0 Å². The molecule has 20 heavy (non-hydrogen) atoms. The van der Waals surface area contributed by atoms with Crippen LogP contribution in [0.4, 0.5) is 14.5 Å². The quantitative estimate of drug-likeness (QED) is 0.646. The fraction of sp³-hybridized carbons (Fsp3) is 0.533. The summed E-state index contributed by atoms with van der Waals surface area (Å²) in [7, 11) is 0. The topological polar surface area (TPSA) is 55.1 Å². The molecule has 2 unspecified atom stereocenters. The summed E-state index contributed by atoms with van der Waals surface area (Å²) in [6, 6.07) is 2.03. The van der Waals surface area contributed by atoms with Gasteiger partial charge in [0.2, 0.25) is 0 Å². The van der Waals surface area contributed by atoms with Crippen molar-refractivity contribution in [1.29, 1.82) is 0 Å². The van der Waals surface area contributed by atoms with E-state index in [0.717, 1.165) is 31.4 Å². The molecule has 3 nitrogen and oxygen atoms in total. The van der Waals surface area contributed by atoms with E-state index in [4.69, 9.17) is 5.73 Å². The van der Waals surface area contributed by atoms with E-state index in [0.29, 0.717) is 5.92 Å². The predicted molar refractivity (Wildman–Crippen MR) is 74.3 cm³/mol. The molecular formula is C15H20F2N2O. The molecule has 1 aliphatic carbocycles. The molecule has 1 saturated carbocycles. The summed E-state index contributed by atoms with van der Waals surface area (Å²) in [4.78, 5) is 12.1. The first kappa shape index (κ1) is 14.8. The highest BCUT2D eigenvalue weighted by atomic mass is 19.1. The highest BCUT2D eigenvalue weighted by molar-refractivity contribution is 5.94. The van der Waals surface area contributed by atoms with Gasteiger partial charge in [-0.05, 0) is 30.9 Å². The van der Waals surface area contributed by atoms with Crippen molar-refractivity contribution in [3.8, 4) is 0 Å². The number of benzene rings is 1.